The molecule has 0 saturated carbocycles. The van der Waals surface area contributed by atoms with Gasteiger partial charge in [0.25, 0.3) is 0 Å². The Hall–Kier alpha value is -5.37. The van der Waals surface area contributed by atoms with E-state index in [0.29, 0.717) is 18.0 Å². The highest BCUT2D eigenvalue weighted by Crippen LogP contribution is 2.41. The summed E-state index contributed by atoms with van der Waals surface area (Å²) in [4.78, 5) is 24.8. The molecule has 1 N–H and O–H groups in total. The third kappa shape index (κ3) is 6.70. The normalized spacial score (nSPS) is 15.0. The molecular weight excluding hydrogens is 686 g/mol. The third-order valence-corrected chi connectivity index (χ3v) is 14.1. The van der Waals surface area contributed by atoms with Crippen LogP contribution in [-0.4, -0.2) is 42.8 Å². The zero-order chi connectivity index (χ0) is 36.5. The van der Waals surface area contributed by atoms with Gasteiger partial charge in [0, 0.05) is 28.1 Å². The maximum absolute atomic E-state index is 14.7. The second kappa shape index (κ2) is 14.3. The molecule has 1 aliphatic heterocycles. The zero-order valence-electron chi connectivity index (χ0n) is 29.6. The molecule has 6 aromatic rings. The van der Waals surface area contributed by atoms with Crippen LogP contribution in [0.4, 0.5) is 10.2 Å². The highest BCUT2D eigenvalue weighted by molar-refractivity contribution is 7.99. The molecule has 52 heavy (non-hydrogen) atoms. The minimum absolute atomic E-state index is 0.0113. The summed E-state index contributed by atoms with van der Waals surface area (Å²) in [5.41, 5.74) is 1.89. The smallest absolute Gasteiger partial charge is 0.428 e. The minimum Gasteiger partial charge on any atom is -0.518 e. The van der Waals surface area contributed by atoms with E-state index < -0.39 is 14.3 Å². The van der Waals surface area contributed by atoms with Crippen molar-refractivity contribution >= 4 is 53.1 Å². The molecule has 262 valence electrons. The van der Waals surface area contributed by atoms with Crippen molar-refractivity contribution in [1.29, 1.82) is 5.26 Å². The van der Waals surface area contributed by atoms with Crippen LogP contribution in [0.15, 0.2) is 127 Å². The highest BCUT2D eigenvalue weighted by Gasteiger charge is 2.46. The van der Waals surface area contributed by atoms with Crippen molar-refractivity contribution in [2.75, 3.05) is 23.7 Å². The molecule has 5 aromatic carbocycles. The first kappa shape index (κ1) is 35.0. The molecule has 7 nitrogen and oxygen atoms in total. The molecule has 2 heterocycles. The monoisotopic (exact) mass is 725 g/mol. The van der Waals surface area contributed by atoms with E-state index >= 15 is 0 Å². The Labute approximate surface area is 309 Å². The number of thioether (sulfide) groups is 1. The average molecular weight is 726 g/mol. The number of aromatic nitrogens is 2. The number of hydrogen-bond donors (Lipinski definition) is 1. The Balaban J connectivity index is 1.28. The van der Waals surface area contributed by atoms with E-state index in [1.165, 1.54) is 17.7 Å². The molecule has 0 aliphatic carbocycles. The van der Waals surface area contributed by atoms with E-state index in [9.17, 15) is 14.4 Å². The van der Waals surface area contributed by atoms with Gasteiger partial charge in [-0.3, -0.25) is 9.36 Å². The second-order valence-corrected chi connectivity index (χ2v) is 17.9. The molecule has 1 aliphatic rings. The number of amides is 1. The number of nitriles is 1. The van der Waals surface area contributed by atoms with Crippen molar-refractivity contribution in [3.05, 3.63) is 144 Å². The average Bonchev–Trinajstić information content (AvgIpc) is 3.77. The van der Waals surface area contributed by atoms with E-state index in [1.54, 1.807) is 24.0 Å². The first-order chi connectivity index (χ1) is 25.1. The van der Waals surface area contributed by atoms with Gasteiger partial charge >= 0.3 is 8.48 Å². The van der Waals surface area contributed by atoms with Crippen LogP contribution in [0.2, 0.25) is 0 Å². The largest absolute Gasteiger partial charge is 0.518 e. The zero-order valence-corrected chi connectivity index (χ0v) is 31.5. The Bertz CT molecular complexity index is 2280. The SMILES string of the molecule is CCN(CC(=O)N[Si](Oc1cccc2ccccc12)(c1ccccc1)c1ccc(C(C)(C)C)cc1)c1cnc2n1C(c1ccc(C#N)c(F)c1)CS2. The van der Waals surface area contributed by atoms with E-state index in [0.717, 1.165) is 37.7 Å². The lowest BCUT2D eigenvalue weighted by Crippen LogP contribution is -2.75. The summed E-state index contributed by atoms with van der Waals surface area (Å²) in [5, 5.41) is 13.9. The lowest BCUT2D eigenvalue weighted by molar-refractivity contribution is -0.118. The number of nitrogens with one attached hydrogen (secondary N) is 1. The summed E-state index contributed by atoms with van der Waals surface area (Å²) in [5.74, 6) is 1.39. The summed E-state index contributed by atoms with van der Waals surface area (Å²) in [6, 6.07) is 39.1. The highest BCUT2D eigenvalue weighted by atomic mass is 32.2. The summed E-state index contributed by atoms with van der Waals surface area (Å²) in [6.45, 7) is 9.14. The summed E-state index contributed by atoms with van der Waals surface area (Å²) in [6.07, 6.45) is 1.78. The Kier molecular flexibility index (Phi) is 9.66. The van der Waals surface area contributed by atoms with E-state index in [-0.39, 0.29) is 29.5 Å². The predicted octanol–water partition coefficient (Wildman–Crippen LogP) is 7.32. The van der Waals surface area contributed by atoms with Crippen LogP contribution in [0, 0.1) is 17.1 Å². The number of hydrogen-bond acceptors (Lipinski definition) is 6. The number of carbonyl (C=O) groups is 1. The topological polar surface area (TPSA) is 83.2 Å². The van der Waals surface area contributed by atoms with Gasteiger partial charge in [-0.1, -0.05) is 130 Å². The van der Waals surface area contributed by atoms with Crippen LogP contribution in [0.25, 0.3) is 10.8 Å². The second-order valence-electron chi connectivity index (χ2n) is 14.0. The van der Waals surface area contributed by atoms with Crippen LogP contribution >= 0.6 is 11.8 Å². The molecule has 1 amide bonds. The lowest BCUT2D eigenvalue weighted by atomic mass is 9.87. The molecular formula is C42H40FN5O2SSi. The van der Waals surface area contributed by atoms with Gasteiger partial charge in [0.1, 0.15) is 23.5 Å². The Morgan fingerprint density at radius 3 is 2.42 bits per heavy atom. The van der Waals surface area contributed by atoms with Crippen LogP contribution in [0.3, 0.4) is 0 Å². The molecule has 0 fully saturated rings. The van der Waals surface area contributed by atoms with Crippen molar-refractivity contribution in [3.63, 3.8) is 0 Å². The molecule has 0 radical (unpaired) electrons. The molecule has 0 saturated heterocycles. The van der Waals surface area contributed by atoms with E-state index in [4.69, 9.17) is 4.43 Å². The van der Waals surface area contributed by atoms with Gasteiger partial charge in [0.15, 0.2) is 5.16 Å². The van der Waals surface area contributed by atoms with Crippen molar-refractivity contribution in [2.24, 2.45) is 0 Å². The molecule has 10 heteroatoms. The van der Waals surface area contributed by atoms with Crippen molar-refractivity contribution in [3.8, 4) is 11.8 Å². The fourth-order valence-electron chi connectivity index (χ4n) is 6.82. The number of carbonyl (C=O) groups excluding carboxylic acids is 1. The molecule has 2 atom stereocenters. The quantitative estimate of drug-likeness (QED) is 0.149. The summed E-state index contributed by atoms with van der Waals surface area (Å²) >= 11 is 1.59. The maximum atomic E-state index is 14.7. The van der Waals surface area contributed by atoms with Gasteiger partial charge in [-0.2, -0.15) is 5.26 Å². The van der Waals surface area contributed by atoms with Crippen molar-refractivity contribution in [1.82, 2.24) is 14.5 Å². The lowest BCUT2D eigenvalue weighted by Gasteiger charge is -2.35. The number of halogens is 1. The molecule has 7 rings (SSSR count). The number of fused-ring (bicyclic) bond motifs is 2. The van der Waals surface area contributed by atoms with Gasteiger partial charge in [-0.15, -0.1) is 0 Å². The molecule has 0 spiro atoms. The van der Waals surface area contributed by atoms with Crippen LogP contribution in [0.5, 0.6) is 5.75 Å². The first-order valence-electron chi connectivity index (χ1n) is 17.4. The standard InChI is InChI=1S/C42H40FN5O2SSi/c1-5-47(40-26-45-41-48(40)37(28-51-41)30-18-19-31(25-44)36(43)24-30)27-39(49)46-52(33-14-7-6-8-15-33,34-22-20-32(21-23-34)42(2,3)4)50-38-17-11-13-29-12-9-10-16-35(29)38/h6-24,26,37H,5,27-28H2,1-4H3,(H,46,49). The van der Waals surface area contributed by atoms with Gasteiger partial charge in [-0.25, -0.2) is 9.37 Å². The maximum Gasteiger partial charge on any atom is 0.428 e. The number of benzene rings is 5. The number of imidazole rings is 1. The van der Waals surface area contributed by atoms with Crippen LogP contribution in [0.1, 0.15) is 50.4 Å². The van der Waals surface area contributed by atoms with E-state index in [2.05, 4.69) is 71.7 Å². The van der Waals surface area contributed by atoms with Gasteiger partial charge in [0.2, 0.25) is 5.91 Å². The summed E-state index contributed by atoms with van der Waals surface area (Å²) < 4.78 is 24.1. The van der Waals surface area contributed by atoms with Crippen LogP contribution < -0.4 is 24.7 Å². The minimum atomic E-state index is -3.54. The molecule has 2 unspecified atom stereocenters. The fourth-order valence-corrected chi connectivity index (χ4v) is 11.1. The predicted molar refractivity (Wildman–Crippen MR) is 209 cm³/mol. The third-order valence-electron chi connectivity index (χ3n) is 9.63. The number of nitrogens with zero attached hydrogens (tertiary/aromatic N) is 4. The molecule has 0 bridgehead atoms. The number of anilines is 1. The fraction of sp³-hybridized carbons (Fsp3) is 0.214. The van der Waals surface area contributed by atoms with Gasteiger partial charge < -0.3 is 14.3 Å². The first-order valence-corrected chi connectivity index (χ1v) is 20.3. The molecule has 1 aromatic heterocycles. The number of rotatable bonds is 10. The number of likely N-dealkylation sites (N-methyl/N-ethyl adjacent to an activating group) is 1. The van der Waals surface area contributed by atoms with Gasteiger partial charge in [0.05, 0.1) is 24.3 Å². The van der Waals surface area contributed by atoms with Crippen molar-refractivity contribution < 1.29 is 13.6 Å². The summed E-state index contributed by atoms with van der Waals surface area (Å²) in [7, 11) is -3.54. The Morgan fingerprint density at radius 2 is 1.71 bits per heavy atom. The van der Waals surface area contributed by atoms with Crippen LogP contribution in [-0.2, 0) is 10.2 Å². The van der Waals surface area contributed by atoms with Gasteiger partial charge in [-0.05, 0) is 47.1 Å². The Morgan fingerprint density at radius 1 is 1.00 bits per heavy atom. The van der Waals surface area contributed by atoms with Crippen molar-refractivity contribution in [2.45, 2.75) is 44.3 Å². The van der Waals surface area contributed by atoms with E-state index in [1.807, 2.05) is 78.6 Å².